The highest BCUT2D eigenvalue weighted by Gasteiger charge is 2.26. The van der Waals surface area contributed by atoms with E-state index in [0.29, 0.717) is 6.04 Å². The molecule has 3 heteroatoms. The third-order valence-corrected chi connectivity index (χ3v) is 4.73. The second-order valence-corrected chi connectivity index (χ2v) is 6.71. The van der Waals surface area contributed by atoms with Crippen LogP contribution in [0.15, 0.2) is 30.3 Å². The van der Waals surface area contributed by atoms with Crippen LogP contribution in [0.3, 0.4) is 0 Å². The first kappa shape index (κ1) is 15.9. The van der Waals surface area contributed by atoms with Crippen molar-refractivity contribution in [3.63, 3.8) is 0 Å². The van der Waals surface area contributed by atoms with Crippen molar-refractivity contribution in [2.45, 2.75) is 38.3 Å². The van der Waals surface area contributed by atoms with Crippen molar-refractivity contribution in [2.75, 3.05) is 31.6 Å². The third kappa shape index (κ3) is 4.80. The molecule has 2 rings (SSSR count). The molecule has 20 heavy (non-hydrogen) atoms. The number of rotatable bonds is 7. The fourth-order valence-corrected chi connectivity index (χ4v) is 3.48. The van der Waals surface area contributed by atoms with Gasteiger partial charge in [0, 0.05) is 37.5 Å². The molecular weight excluding hydrogens is 264 g/mol. The van der Waals surface area contributed by atoms with Crippen LogP contribution in [0.4, 0.5) is 0 Å². The normalized spacial score (nSPS) is 23.9. The van der Waals surface area contributed by atoms with Crippen molar-refractivity contribution < 1.29 is 0 Å². The van der Waals surface area contributed by atoms with Crippen LogP contribution in [0.2, 0.25) is 0 Å². The fraction of sp³-hybridized carbons (Fsp3) is 0.647. The Labute approximate surface area is 128 Å². The lowest BCUT2D eigenvalue weighted by Crippen LogP contribution is -2.57. The molecule has 1 aliphatic heterocycles. The lowest BCUT2D eigenvalue weighted by atomic mass is 10.00. The van der Waals surface area contributed by atoms with Gasteiger partial charge in [0.2, 0.25) is 0 Å². The molecule has 1 aliphatic rings. The van der Waals surface area contributed by atoms with E-state index in [-0.39, 0.29) is 0 Å². The van der Waals surface area contributed by atoms with E-state index >= 15 is 0 Å². The van der Waals surface area contributed by atoms with Gasteiger partial charge in [-0.1, -0.05) is 43.7 Å². The Morgan fingerprint density at radius 2 is 2.10 bits per heavy atom. The average molecular weight is 292 g/mol. The van der Waals surface area contributed by atoms with Crippen molar-refractivity contribution in [3.05, 3.63) is 35.9 Å². The zero-order valence-electron chi connectivity index (χ0n) is 12.8. The molecule has 0 saturated carbocycles. The highest BCUT2D eigenvalue weighted by Crippen LogP contribution is 2.15. The standard InChI is InChI=1S/C17H28N2S/c1-3-7-17-13-18-16(14-19(17)10-11-20-2)12-15-8-5-4-6-9-15/h4-6,8-9,16-18H,3,7,10-14H2,1-2H3. The Kier molecular flexibility index (Phi) is 6.91. The summed E-state index contributed by atoms with van der Waals surface area (Å²) in [5.41, 5.74) is 1.45. The lowest BCUT2D eigenvalue weighted by Gasteiger charge is -2.40. The van der Waals surface area contributed by atoms with E-state index in [2.05, 4.69) is 53.7 Å². The Bertz CT molecular complexity index is 369. The SMILES string of the molecule is CCCC1CNC(Cc2ccccc2)CN1CCSC. The van der Waals surface area contributed by atoms with Gasteiger partial charge in [-0.2, -0.15) is 11.8 Å². The summed E-state index contributed by atoms with van der Waals surface area (Å²) in [5, 5.41) is 3.76. The number of thioether (sulfide) groups is 1. The summed E-state index contributed by atoms with van der Waals surface area (Å²) in [7, 11) is 0. The van der Waals surface area contributed by atoms with Gasteiger partial charge in [0.05, 0.1) is 0 Å². The van der Waals surface area contributed by atoms with Crippen LogP contribution in [0.1, 0.15) is 25.3 Å². The van der Waals surface area contributed by atoms with Crippen molar-refractivity contribution in [2.24, 2.45) is 0 Å². The van der Waals surface area contributed by atoms with Crippen LogP contribution in [0.5, 0.6) is 0 Å². The van der Waals surface area contributed by atoms with Gasteiger partial charge in [-0.3, -0.25) is 4.90 Å². The molecular formula is C17H28N2S. The number of hydrogen-bond acceptors (Lipinski definition) is 3. The molecule has 0 amide bonds. The maximum Gasteiger partial charge on any atom is 0.0236 e. The Morgan fingerprint density at radius 3 is 2.80 bits per heavy atom. The van der Waals surface area contributed by atoms with Gasteiger partial charge in [0.25, 0.3) is 0 Å². The highest BCUT2D eigenvalue weighted by atomic mass is 32.2. The number of benzene rings is 1. The summed E-state index contributed by atoms with van der Waals surface area (Å²) >= 11 is 1.96. The minimum Gasteiger partial charge on any atom is -0.311 e. The van der Waals surface area contributed by atoms with Gasteiger partial charge in [0.15, 0.2) is 0 Å². The molecule has 2 atom stereocenters. The molecule has 0 bridgehead atoms. The quantitative estimate of drug-likeness (QED) is 0.831. The van der Waals surface area contributed by atoms with E-state index in [1.54, 1.807) is 0 Å². The smallest absolute Gasteiger partial charge is 0.0236 e. The fourth-order valence-electron chi connectivity index (χ4n) is 3.06. The van der Waals surface area contributed by atoms with Gasteiger partial charge < -0.3 is 5.32 Å². The molecule has 1 aromatic rings. The van der Waals surface area contributed by atoms with Crippen molar-refractivity contribution >= 4 is 11.8 Å². The van der Waals surface area contributed by atoms with Crippen molar-refractivity contribution in [3.8, 4) is 0 Å². The summed E-state index contributed by atoms with van der Waals surface area (Å²) < 4.78 is 0. The number of nitrogens with one attached hydrogen (secondary N) is 1. The van der Waals surface area contributed by atoms with Crippen LogP contribution in [0, 0.1) is 0 Å². The van der Waals surface area contributed by atoms with Gasteiger partial charge in [-0.15, -0.1) is 0 Å². The number of hydrogen-bond donors (Lipinski definition) is 1. The molecule has 1 saturated heterocycles. The first-order valence-corrected chi connectivity index (χ1v) is 9.23. The van der Waals surface area contributed by atoms with Crippen LogP contribution >= 0.6 is 11.8 Å². The molecule has 1 N–H and O–H groups in total. The molecule has 1 fully saturated rings. The highest BCUT2D eigenvalue weighted by molar-refractivity contribution is 7.98. The second-order valence-electron chi connectivity index (χ2n) is 5.73. The second kappa shape index (κ2) is 8.71. The molecule has 1 aromatic carbocycles. The maximum atomic E-state index is 3.76. The Morgan fingerprint density at radius 1 is 1.30 bits per heavy atom. The topological polar surface area (TPSA) is 15.3 Å². The van der Waals surface area contributed by atoms with E-state index < -0.39 is 0 Å². The van der Waals surface area contributed by atoms with Gasteiger partial charge in [0.1, 0.15) is 0 Å². The van der Waals surface area contributed by atoms with E-state index in [4.69, 9.17) is 0 Å². The van der Waals surface area contributed by atoms with E-state index in [1.165, 1.54) is 37.2 Å². The van der Waals surface area contributed by atoms with Crippen LogP contribution in [-0.2, 0) is 6.42 Å². The minimum atomic E-state index is 0.604. The summed E-state index contributed by atoms with van der Waals surface area (Å²) in [6.45, 7) is 5.88. The van der Waals surface area contributed by atoms with E-state index in [1.807, 2.05) is 11.8 Å². The predicted octanol–water partition coefficient (Wildman–Crippen LogP) is 3.03. The molecule has 0 radical (unpaired) electrons. The van der Waals surface area contributed by atoms with Crippen molar-refractivity contribution in [1.82, 2.24) is 10.2 Å². The lowest BCUT2D eigenvalue weighted by molar-refractivity contribution is 0.130. The summed E-state index contributed by atoms with van der Waals surface area (Å²) in [6, 6.07) is 12.2. The minimum absolute atomic E-state index is 0.604. The van der Waals surface area contributed by atoms with Crippen LogP contribution < -0.4 is 5.32 Å². The third-order valence-electron chi connectivity index (χ3n) is 4.14. The summed E-state index contributed by atoms with van der Waals surface area (Å²) in [4.78, 5) is 2.71. The molecule has 0 spiro atoms. The molecule has 1 heterocycles. The number of nitrogens with zero attached hydrogens (tertiary/aromatic N) is 1. The van der Waals surface area contributed by atoms with Gasteiger partial charge in [-0.25, -0.2) is 0 Å². The monoisotopic (exact) mass is 292 g/mol. The van der Waals surface area contributed by atoms with Crippen LogP contribution in [0.25, 0.3) is 0 Å². The molecule has 2 unspecified atom stereocenters. The van der Waals surface area contributed by atoms with Crippen molar-refractivity contribution in [1.29, 1.82) is 0 Å². The van der Waals surface area contributed by atoms with Gasteiger partial charge in [-0.05, 0) is 24.7 Å². The van der Waals surface area contributed by atoms with E-state index in [0.717, 1.165) is 19.0 Å². The predicted molar refractivity (Wildman–Crippen MR) is 90.6 cm³/mol. The zero-order valence-corrected chi connectivity index (χ0v) is 13.7. The molecule has 0 aromatic heterocycles. The van der Waals surface area contributed by atoms with Crippen LogP contribution in [-0.4, -0.2) is 48.6 Å². The zero-order chi connectivity index (χ0) is 14.2. The number of piperazine rings is 1. The summed E-state index contributed by atoms with van der Waals surface area (Å²) in [6.07, 6.45) is 5.96. The first-order chi connectivity index (χ1) is 9.83. The first-order valence-electron chi connectivity index (χ1n) is 7.83. The molecule has 112 valence electrons. The Hall–Kier alpha value is -0.510. The average Bonchev–Trinajstić information content (AvgIpc) is 2.48. The van der Waals surface area contributed by atoms with Gasteiger partial charge >= 0.3 is 0 Å². The summed E-state index contributed by atoms with van der Waals surface area (Å²) in [5.74, 6) is 1.25. The maximum absolute atomic E-state index is 3.76. The molecule has 0 aliphatic carbocycles. The van der Waals surface area contributed by atoms with E-state index in [9.17, 15) is 0 Å². The molecule has 2 nitrogen and oxygen atoms in total. The Balaban J connectivity index is 1.90. The largest absolute Gasteiger partial charge is 0.311 e.